The molecule has 0 bridgehead atoms. The van der Waals surface area contributed by atoms with Gasteiger partial charge in [-0.15, -0.1) is 0 Å². The summed E-state index contributed by atoms with van der Waals surface area (Å²) in [5.74, 6) is -0.581. The molecule has 0 atom stereocenters. The molecule has 0 N–H and O–H groups in total. The van der Waals surface area contributed by atoms with Gasteiger partial charge in [-0.25, -0.2) is 18.7 Å². The van der Waals surface area contributed by atoms with Gasteiger partial charge in [0.15, 0.2) is 5.82 Å². The zero-order valence-electron chi connectivity index (χ0n) is 8.14. The number of halogens is 4. The Morgan fingerprint density at radius 3 is 2.50 bits per heavy atom. The van der Waals surface area contributed by atoms with Crippen molar-refractivity contribution in [1.82, 2.24) is 9.97 Å². The van der Waals surface area contributed by atoms with Gasteiger partial charge in [-0.3, -0.25) is 0 Å². The Morgan fingerprint density at radius 1 is 1.19 bits per heavy atom. The van der Waals surface area contributed by atoms with E-state index in [0.29, 0.717) is 15.9 Å². The van der Waals surface area contributed by atoms with Crippen LogP contribution in [0.2, 0.25) is 10.2 Å². The van der Waals surface area contributed by atoms with Crippen molar-refractivity contribution in [2.24, 2.45) is 0 Å². The van der Waals surface area contributed by atoms with Crippen LogP contribution in [0.25, 0.3) is 10.9 Å². The number of fused-ring (bicyclic) bond motifs is 1. The number of alkyl halides is 2. The van der Waals surface area contributed by atoms with Crippen molar-refractivity contribution in [1.29, 1.82) is 0 Å². The average Bonchev–Trinajstić information content (AvgIpc) is 2.22. The second-order valence-electron chi connectivity index (χ2n) is 3.26. The first-order valence-electron chi connectivity index (χ1n) is 4.41. The third-order valence-electron chi connectivity index (χ3n) is 2.17. The van der Waals surface area contributed by atoms with Crippen molar-refractivity contribution < 1.29 is 8.78 Å². The van der Waals surface area contributed by atoms with E-state index in [0.717, 1.165) is 5.56 Å². The summed E-state index contributed by atoms with van der Waals surface area (Å²) in [5, 5.41) is 0.716. The lowest BCUT2D eigenvalue weighted by Gasteiger charge is -2.07. The molecule has 0 aliphatic carbocycles. The van der Waals surface area contributed by atoms with Crippen LogP contribution in [-0.4, -0.2) is 9.97 Å². The number of hydrogen-bond acceptors (Lipinski definition) is 2. The van der Waals surface area contributed by atoms with Crippen LogP contribution < -0.4 is 0 Å². The van der Waals surface area contributed by atoms with E-state index in [4.69, 9.17) is 23.2 Å². The first-order chi connectivity index (χ1) is 7.50. The summed E-state index contributed by atoms with van der Waals surface area (Å²) < 4.78 is 25.0. The van der Waals surface area contributed by atoms with E-state index in [9.17, 15) is 8.78 Å². The minimum Gasteiger partial charge on any atom is -0.227 e. The van der Waals surface area contributed by atoms with Crippen molar-refractivity contribution in [2.45, 2.75) is 13.3 Å². The Hall–Kier alpha value is -1.00. The number of benzene rings is 1. The number of nitrogens with zero attached hydrogens (tertiary/aromatic N) is 2. The third-order valence-corrected chi connectivity index (χ3v) is 2.76. The van der Waals surface area contributed by atoms with Crippen molar-refractivity contribution >= 4 is 34.1 Å². The fourth-order valence-corrected chi connectivity index (χ4v) is 1.97. The van der Waals surface area contributed by atoms with Gasteiger partial charge in [-0.05, 0) is 18.6 Å². The number of rotatable bonds is 1. The van der Waals surface area contributed by atoms with Gasteiger partial charge in [0.05, 0.1) is 15.9 Å². The Kier molecular flexibility index (Phi) is 2.95. The minimum atomic E-state index is -2.75. The molecule has 16 heavy (non-hydrogen) atoms. The second kappa shape index (κ2) is 4.11. The summed E-state index contributed by atoms with van der Waals surface area (Å²) in [6, 6.07) is 3.33. The highest BCUT2D eigenvalue weighted by atomic mass is 35.5. The van der Waals surface area contributed by atoms with Crippen LogP contribution in [0.15, 0.2) is 12.1 Å². The second-order valence-corrected chi connectivity index (χ2v) is 4.03. The first-order valence-corrected chi connectivity index (χ1v) is 5.16. The van der Waals surface area contributed by atoms with Crippen molar-refractivity contribution in [2.75, 3.05) is 0 Å². The van der Waals surface area contributed by atoms with Gasteiger partial charge in [0.1, 0.15) is 5.15 Å². The van der Waals surface area contributed by atoms with Crippen molar-refractivity contribution in [3.63, 3.8) is 0 Å². The van der Waals surface area contributed by atoms with E-state index in [1.807, 2.05) is 0 Å². The molecule has 1 aromatic carbocycles. The largest absolute Gasteiger partial charge is 0.297 e. The summed E-state index contributed by atoms with van der Waals surface area (Å²) in [5.41, 5.74) is 1.09. The molecule has 1 aromatic heterocycles. The van der Waals surface area contributed by atoms with Crippen LogP contribution in [0.5, 0.6) is 0 Å². The fourth-order valence-electron chi connectivity index (χ4n) is 1.40. The first kappa shape index (κ1) is 11.5. The lowest BCUT2D eigenvalue weighted by molar-refractivity contribution is 0.141. The molecule has 0 amide bonds. The molecule has 6 heteroatoms. The molecular weight excluding hydrogens is 257 g/mol. The summed E-state index contributed by atoms with van der Waals surface area (Å²) in [6.07, 6.45) is -2.75. The lowest BCUT2D eigenvalue weighted by Crippen LogP contribution is -1.98. The van der Waals surface area contributed by atoms with E-state index in [1.54, 1.807) is 19.1 Å². The Balaban J connectivity index is 2.86. The maximum absolute atomic E-state index is 12.5. The van der Waals surface area contributed by atoms with Gasteiger partial charge in [0.25, 0.3) is 6.43 Å². The fraction of sp³-hybridized carbons (Fsp3) is 0.200. The topological polar surface area (TPSA) is 25.8 Å². The van der Waals surface area contributed by atoms with Gasteiger partial charge in [0.2, 0.25) is 0 Å². The highest BCUT2D eigenvalue weighted by Gasteiger charge is 2.16. The van der Waals surface area contributed by atoms with Gasteiger partial charge in [-0.1, -0.05) is 29.3 Å². The standard InChI is InChI=1S/C10H6Cl2F2N2/c1-4-2-3-5(11)6-7(4)15-10(9(13)14)16-8(6)12/h2-3,9H,1H3. The van der Waals surface area contributed by atoms with Gasteiger partial charge in [0, 0.05) is 0 Å². The smallest absolute Gasteiger partial charge is 0.227 e. The molecule has 1 heterocycles. The summed E-state index contributed by atoms with van der Waals surface area (Å²) in [6.45, 7) is 1.75. The molecule has 0 fully saturated rings. The van der Waals surface area contributed by atoms with E-state index in [2.05, 4.69) is 9.97 Å². The molecule has 0 saturated heterocycles. The molecule has 2 nitrogen and oxygen atoms in total. The average molecular weight is 263 g/mol. The molecule has 0 unspecified atom stereocenters. The molecule has 0 radical (unpaired) electrons. The molecular formula is C10H6Cl2F2N2. The summed E-state index contributed by atoms with van der Waals surface area (Å²) in [4.78, 5) is 7.29. The van der Waals surface area contributed by atoms with Crippen LogP contribution in [0.1, 0.15) is 17.8 Å². The van der Waals surface area contributed by atoms with Crippen molar-refractivity contribution in [3.8, 4) is 0 Å². The quantitative estimate of drug-likeness (QED) is 0.721. The Bertz CT molecular complexity index is 558. The van der Waals surface area contributed by atoms with Gasteiger partial charge in [-0.2, -0.15) is 0 Å². The van der Waals surface area contributed by atoms with Crippen LogP contribution in [0.3, 0.4) is 0 Å². The summed E-state index contributed by atoms with van der Waals surface area (Å²) in [7, 11) is 0. The molecule has 84 valence electrons. The van der Waals surface area contributed by atoms with Crippen LogP contribution in [0, 0.1) is 6.92 Å². The van der Waals surface area contributed by atoms with Gasteiger partial charge >= 0.3 is 0 Å². The zero-order chi connectivity index (χ0) is 11.9. The minimum absolute atomic E-state index is 0.0472. The highest BCUT2D eigenvalue weighted by molar-refractivity contribution is 6.41. The molecule has 0 spiro atoms. The normalized spacial score (nSPS) is 11.4. The third kappa shape index (κ3) is 1.83. The van der Waals surface area contributed by atoms with Crippen LogP contribution >= 0.6 is 23.2 Å². The zero-order valence-corrected chi connectivity index (χ0v) is 9.65. The molecule has 2 rings (SSSR count). The van der Waals surface area contributed by atoms with Crippen LogP contribution in [-0.2, 0) is 0 Å². The molecule has 2 aromatic rings. The highest BCUT2D eigenvalue weighted by Crippen LogP contribution is 2.31. The number of aryl methyl sites for hydroxylation is 1. The number of aromatic nitrogens is 2. The predicted molar refractivity (Wildman–Crippen MR) is 59.3 cm³/mol. The summed E-state index contributed by atoms with van der Waals surface area (Å²) >= 11 is 11.7. The molecule has 0 aliphatic heterocycles. The monoisotopic (exact) mass is 262 g/mol. The molecule has 0 aliphatic rings. The Morgan fingerprint density at radius 2 is 1.88 bits per heavy atom. The SMILES string of the molecule is Cc1ccc(Cl)c2c(Cl)nc(C(F)F)nc12. The molecule has 0 saturated carbocycles. The van der Waals surface area contributed by atoms with E-state index < -0.39 is 12.2 Å². The maximum Gasteiger partial charge on any atom is 0.297 e. The van der Waals surface area contributed by atoms with Crippen LogP contribution in [0.4, 0.5) is 8.78 Å². The predicted octanol–water partition coefficient (Wildman–Crippen LogP) is 4.18. The van der Waals surface area contributed by atoms with Gasteiger partial charge < -0.3 is 0 Å². The number of hydrogen-bond donors (Lipinski definition) is 0. The Labute approximate surface area is 100 Å². The van der Waals surface area contributed by atoms with E-state index in [1.165, 1.54) is 0 Å². The lowest BCUT2D eigenvalue weighted by atomic mass is 10.1. The van der Waals surface area contributed by atoms with E-state index in [-0.39, 0.29) is 5.15 Å². The van der Waals surface area contributed by atoms with E-state index >= 15 is 0 Å². The maximum atomic E-state index is 12.5. The van der Waals surface area contributed by atoms with Crippen molar-refractivity contribution in [3.05, 3.63) is 33.7 Å².